The number of fused-ring (bicyclic) bond motifs is 1. The van der Waals surface area contributed by atoms with Crippen molar-refractivity contribution in [2.45, 2.75) is 18.9 Å². The van der Waals surface area contributed by atoms with Gasteiger partial charge in [0.25, 0.3) is 0 Å². The van der Waals surface area contributed by atoms with Gasteiger partial charge in [0, 0.05) is 21.4 Å². The van der Waals surface area contributed by atoms with Gasteiger partial charge < -0.3 is 16.8 Å². The highest BCUT2D eigenvalue weighted by molar-refractivity contribution is 9.10. The molecule has 0 radical (unpaired) electrons. The molecule has 0 fully saturated rings. The molecule has 2 aromatic carbocycles. The maximum Gasteiger partial charge on any atom is 0.248 e. The van der Waals surface area contributed by atoms with Crippen LogP contribution in [0.4, 0.5) is 11.4 Å². The van der Waals surface area contributed by atoms with Crippen LogP contribution in [0.25, 0.3) is 0 Å². The molecule has 1 unspecified atom stereocenters. The number of halogens is 1. The standard InChI is InChI=1S/C16H16BrN3O/c17-13-8-10(16(19)21)2-6-15(13)20-14-5-1-9-7-11(18)3-4-12(9)14/h2-4,6-8,14,20H,1,5,18H2,(H2,19,21). The minimum atomic E-state index is -0.427. The minimum absolute atomic E-state index is 0.260. The third-order valence-corrected chi connectivity index (χ3v) is 4.48. The largest absolute Gasteiger partial charge is 0.399 e. The van der Waals surface area contributed by atoms with Crippen LogP contribution < -0.4 is 16.8 Å². The van der Waals surface area contributed by atoms with Gasteiger partial charge in [-0.1, -0.05) is 6.07 Å². The first-order valence-corrected chi connectivity index (χ1v) is 7.58. The Morgan fingerprint density at radius 2 is 2.05 bits per heavy atom. The van der Waals surface area contributed by atoms with Crippen LogP contribution in [0.1, 0.15) is 33.9 Å². The van der Waals surface area contributed by atoms with Crippen LogP contribution in [0.2, 0.25) is 0 Å². The minimum Gasteiger partial charge on any atom is -0.399 e. The predicted molar refractivity (Wildman–Crippen MR) is 88.2 cm³/mol. The van der Waals surface area contributed by atoms with E-state index in [9.17, 15) is 4.79 Å². The van der Waals surface area contributed by atoms with Gasteiger partial charge in [-0.15, -0.1) is 0 Å². The van der Waals surface area contributed by atoms with Gasteiger partial charge in [0.15, 0.2) is 0 Å². The number of nitrogens with two attached hydrogens (primary N) is 2. The van der Waals surface area contributed by atoms with Gasteiger partial charge in [-0.25, -0.2) is 0 Å². The zero-order chi connectivity index (χ0) is 15.0. The second-order valence-corrected chi connectivity index (χ2v) is 6.11. The number of anilines is 2. The molecule has 4 nitrogen and oxygen atoms in total. The van der Waals surface area contributed by atoms with Crippen LogP contribution in [-0.4, -0.2) is 5.91 Å². The van der Waals surface area contributed by atoms with Crippen LogP contribution in [0.5, 0.6) is 0 Å². The van der Waals surface area contributed by atoms with Crippen molar-refractivity contribution in [3.63, 3.8) is 0 Å². The Bertz CT molecular complexity index is 715. The van der Waals surface area contributed by atoms with Gasteiger partial charge >= 0.3 is 0 Å². The summed E-state index contributed by atoms with van der Waals surface area (Å²) in [4.78, 5) is 11.2. The number of primary amides is 1. The molecule has 0 aliphatic heterocycles. The molecule has 1 atom stereocenters. The van der Waals surface area contributed by atoms with Crippen LogP contribution in [0, 0.1) is 0 Å². The molecular formula is C16H16BrN3O. The molecule has 0 bridgehead atoms. The average molecular weight is 346 g/mol. The molecule has 0 heterocycles. The Morgan fingerprint density at radius 1 is 1.24 bits per heavy atom. The van der Waals surface area contributed by atoms with Crippen molar-refractivity contribution in [2.24, 2.45) is 5.73 Å². The van der Waals surface area contributed by atoms with Gasteiger partial charge in [-0.3, -0.25) is 4.79 Å². The summed E-state index contributed by atoms with van der Waals surface area (Å²) in [5.74, 6) is -0.427. The molecule has 5 heteroatoms. The number of rotatable bonds is 3. The molecule has 5 N–H and O–H groups in total. The van der Waals surface area contributed by atoms with Crippen molar-refractivity contribution in [1.29, 1.82) is 0 Å². The molecule has 0 saturated carbocycles. The lowest BCUT2D eigenvalue weighted by Gasteiger charge is -2.17. The number of carbonyl (C=O) groups is 1. The van der Waals surface area contributed by atoms with Gasteiger partial charge in [-0.2, -0.15) is 0 Å². The first-order valence-electron chi connectivity index (χ1n) is 6.79. The number of carbonyl (C=O) groups excluding carboxylic acids is 1. The third kappa shape index (κ3) is 2.74. The van der Waals surface area contributed by atoms with Gasteiger partial charge in [-0.05, 0) is 70.2 Å². The monoisotopic (exact) mass is 345 g/mol. The lowest BCUT2D eigenvalue weighted by atomic mass is 10.1. The van der Waals surface area contributed by atoms with Crippen LogP contribution in [-0.2, 0) is 6.42 Å². The predicted octanol–water partition coefficient (Wildman–Crippen LogP) is 3.23. The molecule has 0 spiro atoms. The number of nitrogen functional groups attached to an aromatic ring is 1. The Hall–Kier alpha value is -2.01. The van der Waals surface area contributed by atoms with Crippen LogP contribution in [0.15, 0.2) is 40.9 Å². The van der Waals surface area contributed by atoms with Crippen molar-refractivity contribution < 1.29 is 4.79 Å². The summed E-state index contributed by atoms with van der Waals surface area (Å²) in [5, 5.41) is 3.51. The number of aryl methyl sites for hydroxylation is 1. The highest BCUT2D eigenvalue weighted by Crippen LogP contribution is 2.36. The van der Waals surface area contributed by atoms with Gasteiger partial charge in [0.2, 0.25) is 5.91 Å². The van der Waals surface area contributed by atoms with E-state index in [1.165, 1.54) is 11.1 Å². The maximum absolute atomic E-state index is 11.2. The normalized spacial score (nSPS) is 16.5. The summed E-state index contributed by atoms with van der Waals surface area (Å²) in [6.45, 7) is 0. The van der Waals surface area contributed by atoms with Crippen molar-refractivity contribution in [3.8, 4) is 0 Å². The molecule has 2 aromatic rings. The number of hydrogen-bond donors (Lipinski definition) is 3. The molecule has 1 aliphatic carbocycles. The van der Waals surface area contributed by atoms with Gasteiger partial charge in [0.05, 0.1) is 6.04 Å². The van der Waals surface area contributed by atoms with E-state index in [4.69, 9.17) is 11.5 Å². The zero-order valence-electron chi connectivity index (χ0n) is 11.4. The van der Waals surface area contributed by atoms with Crippen LogP contribution in [0.3, 0.4) is 0 Å². The van der Waals surface area contributed by atoms with E-state index in [1.54, 1.807) is 12.1 Å². The smallest absolute Gasteiger partial charge is 0.248 e. The Morgan fingerprint density at radius 3 is 2.76 bits per heavy atom. The van der Waals surface area contributed by atoms with E-state index in [1.807, 2.05) is 18.2 Å². The number of hydrogen-bond acceptors (Lipinski definition) is 3. The van der Waals surface area contributed by atoms with Crippen molar-refractivity contribution in [1.82, 2.24) is 0 Å². The van der Waals surface area contributed by atoms with Crippen molar-refractivity contribution in [3.05, 3.63) is 57.6 Å². The molecule has 21 heavy (non-hydrogen) atoms. The van der Waals surface area contributed by atoms with Crippen LogP contribution >= 0.6 is 15.9 Å². The molecule has 3 rings (SSSR count). The second-order valence-electron chi connectivity index (χ2n) is 5.25. The molecule has 108 valence electrons. The van der Waals surface area contributed by atoms with E-state index in [-0.39, 0.29) is 6.04 Å². The van der Waals surface area contributed by atoms with E-state index in [0.29, 0.717) is 5.56 Å². The second kappa shape index (κ2) is 5.41. The average Bonchev–Trinajstić information content (AvgIpc) is 2.83. The molecule has 0 aromatic heterocycles. The summed E-state index contributed by atoms with van der Waals surface area (Å²) in [6.07, 6.45) is 2.05. The van der Waals surface area contributed by atoms with Gasteiger partial charge in [0.1, 0.15) is 0 Å². The number of amides is 1. The number of nitrogens with one attached hydrogen (secondary N) is 1. The summed E-state index contributed by atoms with van der Waals surface area (Å²) in [6, 6.07) is 11.7. The Kier molecular flexibility index (Phi) is 3.59. The summed E-state index contributed by atoms with van der Waals surface area (Å²) in [7, 11) is 0. The molecule has 0 saturated heterocycles. The topological polar surface area (TPSA) is 81.1 Å². The molecular weight excluding hydrogens is 330 g/mol. The Balaban J connectivity index is 1.84. The zero-order valence-corrected chi connectivity index (χ0v) is 13.0. The van der Waals surface area contributed by atoms with Crippen molar-refractivity contribution >= 4 is 33.2 Å². The van der Waals surface area contributed by atoms with E-state index >= 15 is 0 Å². The maximum atomic E-state index is 11.2. The van der Waals surface area contributed by atoms with E-state index < -0.39 is 5.91 Å². The third-order valence-electron chi connectivity index (χ3n) is 3.83. The van der Waals surface area contributed by atoms with E-state index in [0.717, 1.165) is 28.7 Å². The van der Waals surface area contributed by atoms with E-state index in [2.05, 4.69) is 27.3 Å². The fourth-order valence-electron chi connectivity index (χ4n) is 2.76. The quantitative estimate of drug-likeness (QED) is 0.747. The lowest BCUT2D eigenvalue weighted by Crippen LogP contribution is -2.12. The first kappa shape index (κ1) is 13.9. The summed E-state index contributed by atoms with van der Waals surface area (Å²) < 4.78 is 0.836. The molecule has 1 aliphatic rings. The molecule has 1 amide bonds. The first-order chi connectivity index (χ1) is 10.0. The lowest BCUT2D eigenvalue weighted by molar-refractivity contribution is 0.100. The highest BCUT2D eigenvalue weighted by atomic mass is 79.9. The Labute approximate surface area is 131 Å². The SMILES string of the molecule is NC(=O)c1ccc(NC2CCc3cc(N)ccc32)c(Br)c1. The summed E-state index contributed by atoms with van der Waals surface area (Å²) >= 11 is 3.48. The fourth-order valence-corrected chi connectivity index (χ4v) is 3.25. The fraction of sp³-hybridized carbons (Fsp3) is 0.188. The summed E-state index contributed by atoms with van der Waals surface area (Å²) in [5.41, 5.74) is 16.0. The van der Waals surface area contributed by atoms with Crippen molar-refractivity contribution in [2.75, 3.05) is 11.1 Å². The number of benzene rings is 2. The highest BCUT2D eigenvalue weighted by Gasteiger charge is 2.22.